The lowest BCUT2D eigenvalue weighted by Gasteiger charge is -2.30. The average molecular weight is 321 g/mol. The number of carbonyl (C=O) groups is 1. The second kappa shape index (κ2) is 6.08. The third-order valence-electron chi connectivity index (χ3n) is 3.05. The highest BCUT2D eigenvalue weighted by Gasteiger charge is 2.30. The summed E-state index contributed by atoms with van der Waals surface area (Å²) in [4.78, 5) is 12.4. The van der Waals surface area contributed by atoms with Crippen LogP contribution in [0.3, 0.4) is 0 Å². The molecule has 5 heteroatoms. The van der Waals surface area contributed by atoms with E-state index in [-0.39, 0.29) is 11.0 Å². The summed E-state index contributed by atoms with van der Waals surface area (Å²) in [6.45, 7) is 4.39. The van der Waals surface area contributed by atoms with Gasteiger partial charge in [0.15, 0.2) is 5.78 Å². The molecule has 18 heavy (non-hydrogen) atoms. The zero-order valence-electron chi connectivity index (χ0n) is 10.2. The van der Waals surface area contributed by atoms with E-state index in [4.69, 9.17) is 23.2 Å². The van der Waals surface area contributed by atoms with Crippen LogP contribution < -0.4 is 0 Å². The van der Waals surface area contributed by atoms with Crippen LogP contribution >= 0.6 is 46.7 Å². The van der Waals surface area contributed by atoms with Crippen molar-refractivity contribution in [3.63, 3.8) is 0 Å². The van der Waals surface area contributed by atoms with E-state index in [0.717, 1.165) is 5.75 Å². The third kappa shape index (κ3) is 3.19. The van der Waals surface area contributed by atoms with Crippen LogP contribution in [0.2, 0.25) is 10.0 Å². The molecule has 3 atom stereocenters. The number of benzene rings is 1. The first-order valence-corrected chi connectivity index (χ1v) is 8.50. The van der Waals surface area contributed by atoms with Crippen molar-refractivity contribution in [1.29, 1.82) is 0 Å². The molecule has 1 nitrogen and oxygen atoms in total. The van der Waals surface area contributed by atoms with Crippen molar-refractivity contribution in [1.82, 2.24) is 0 Å². The molecule has 3 unspecified atom stereocenters. The van der Waals surface area contributed by atoms with Gasteiger partial charge in [-0.2, -0.15) is 11.8 Å². The van der Waals surface area contributed by atoms with E-state index in [1.165, 1.54) is 0 Å². The number of Topliss-reactive ketones (excluding diaryl/α,β-unsaturated/α-hetero) is 1. The minimum atomic E-state index is 0.0263. The molecule has 0 N–H and O–H groups in total. The summed E-state index contributed by atoms with van der Waals surface area (Å²) in [6.07, 6.45) is 0. The fourth-order valence-electron chi connectivity index (χ4n) is 1.76. The summed E-state index contributed by atoms with van der Waals surface area (Å²) in [6, 6.07) is 5.11. The quantitative estimate of drug-likeness (QED) is 0.728. The van der Waals surface area contributed by atoms with Gasteiger partial charge in [-0.25, -0.2) is 0 Å². The second-order valence-electron chi connectivity index (χ2n) is 4.36. The topological polar surface area (TPSA) is 17.1 Å². The SMILES string of the molecule is CC1SCC(C(=O)c2ccc(Cl)c(Cl)c2)SC1C. The maximum Gasteiger partial charge on any atom is 0.176 e. The number of thioether (sulfide) groups is 2. The molecule has 0 spiro atoms. The number of halogens is 2. The van der Waals surface area contributed by atoms with Gasteiger partial charge in [0.05, 0.1) is 15.3 Å². The number of hydrogen-bond donors (Lipinski definition) is 0. The molecule has 2 rings (SSSR count). The lowest BCUT2D eigenvalue weighted by atomic mass is 10.1. The summed E-state index contributed by atoms with van der Waals surface area (Å²) >= 11 is 15.4. The van der Waals surface area contributed by atoms with E-state index in [2.05, 4.69) is 13.8 Å². The molecule has 1 aliphatic heterocycles. The monoisotopic (exact) mass is 320 g/mol. The van der Waals surface area contributed by atoms with Crippen molar-refractivity contribution >= 4 is 52.5 Å². The Bertz CT molecular complexity index is 464. The van der Waals surface area contributed by atoms with E-state index < -0.39 is 0 Å². The number of ketones is 1. The first-order valence-electron chi connectivity index (χ1n) is 5.75. The molecular formula is C13H14Cl2OS2. The van der Waals surface area contributed by atoms with Gasteiger partial charge in [-0.1, -0.05) is 37.0 Å². The normalized spacial score (nSPS) is 28.1. The Balaban J connectivity index is 2.14. The predicted octanol–water partition coefficient (Wildman–Crippen LogP) is 4.80. The average Bonchev–Trinajstić information content (AvgIpc) is 2.35. The lowest BCUT2D eigenvalue weighted by Crippen LogP contribution is -2.31. The molecule has 1 heterocycles. The van der Waals surface area contributed by atoms with Gasteiger partial charge in [0.2, 0.25) is 0 Å². The van der Waals surface area contributed by atoms with Crippen LogP contribution in [0.5, 0.6) is 0 Å². The molecule has 1 saturated heterocycles. The fourth-order valence-corrected chi connectivity index (χ4v) is 4.93. The molecule has 0 amide bonds. The first-order chi connectivity index (χ1) is 8.49. The van der Waals surface area contributed by atoms with E-state index >= 15 is 0 Å². The van der Waals surface area contributed by atoms with Crippen molar-refractivity contribution in [2.45, 2.75) is 29.6 Å². The Morgan fingerprint density at radius 3 is 2.56 bits per heavy atom. The summed E-state index contributed by atoms with van der Waals surface area (Å²) in [5.41, 5.74) is 0.657. The standard InChI is InChI=1S/C13H14Cl2OS2/c1-7-8(2)18-12(6-17-7)13(16)9-3-4-10(14)11(15)5-9/h3-5,7-8,12H,6H2,1-2H3. The van der Waals surface area contributed by atoms with Crippen molar-refractivity contribution in [2.24, 2.45) is 0 Å². The summed E-state index contributed by atoms with van der Waals surface area (Å²) < 4.78 is 0. The van der Waals surface area contributed by atoms with Gasteiger partial charge < -0.3 is 0 Å². The van der Waals surface area contributed by atoms with Gasteiger partial charge in [0.25, 0.3) is 0 Å². The van der Waals surface area contributed by atoms with Gasteiger partial charge >= 0.3 is 0 Å². The molecule has 1 fully saturated rings. The van der Waals surface area contributed by atoms with Crippen molar-refractivity contribution in [3.05, 3.63) is 33.8 Å². The molecule has 0 aliphatic carbocycles. The zero-order valence-corrected chi connectivity index (χ0v) is 13.3. The Morgan fingerprint density at radius 2 is 1.94 bits per heavy atom. The Hall–Kier alpha value is 0.170. The number of rotatable bonds is 2. The largest absolute Gasteiger partial charge is 0.293 e. The number of hydrogen-bond acceptors (Lipinski definition) is 3. The molecule has 98 valence electrons. The van der Waals surface area contributed by atoms with Crippen molar-refractivity contribution in [2.75, 3.05) is 5.75 Å². The lowest BCUT2D eigenvalue weighted by molar-refractivity contribution is 0.0995. The van der Waals surface area contributed by atoms with Crippen LogP contribution in [0.15, 0.2) is 18.2 Å². The van der Waals surface area contributed by atoms with Gasteiger partial charge in [0.1, 0.15) is 0 Å². The zero-order chi connectivity index (χ0) is 13.3. The molecule has 0 bridgehead atoms. The highest BCUT2D eigenvalue weighted by Crippen LogP contribution is 2.37. The van der Waals surface area contributed by atoms with E-state index in [9.17, 15) is 4.79 Å². The van der Waals surface area contributed by atoms with E-state index in [1.807, 2.05) is 11.8 Å². The van der Waals surface area contributed by atoms with Gasteiger partial charge in [-0.3, -0.25) is 4.79 Å². The minimum Gasteiger partial charge on any atom is -0.293 e. The first kappa shape index (κ1) is 14.6. The van der Waals surface area contributed by atoms with Gasteiger partial charge in [-0.15, -0.1) is 11.8 Å². The molecule has 0 radical (unpaired) electrons. The fraction of sp³-hybridized carbons (Fsp3) is 0.462. The third-order valence-corrected chi connectivity index (χ3v) is 7.18. The van der Waals surface area contributed by atoms with Gasteiger partial charge in [-0.05, 0) is 18.2 Å². The molecule has 1 aromatic carbocycles. The minimum absolute atomic E-state index is 0.0263. The van der Waals surface area contributed by atoms with E-state index in [0.29, 0.717) is 26.1 Å². The smallest absolute Gasteiger partial charge is 0.176 e. The van der Waals surface area contributed by atoms with Crippen molar-refractivity contribution in [3.8, 4) is 0 Å². The highest BCUT2D eigenvalue weighted by molar-refractivity contribution is 8.08. The van der Waals surface area contributed by atoms with Gasteiger partial charge in [0, 0.05) is 21.8 Å². The summed E-state index contributed by atoms with van der Waals surface area (Å²) in [5.74, 6) is 1.03. The highest BCUT2D eigenvalue weighted by atomic mass is 35.5. The number of carbonyl (C=O) groups excluding carboxylic acids is 1. The molecule has 0 saturated carbocycles. The van der Waals surface area contributed by atoms with Crippen LogP contribution in [-0.4, -0.2) is 27.3 Å². The van der Waals surface area contributed by atoms with Crippen LogP contribution in [-0.2, 0) is 0 Å². The Kier molecular flexibility index (Phi) is 4.92. The van der Waals surface area contributed by atoms with Crippen molar-refractivity contribution < 1.29 is 4.79 Å². The molecule has 1 aromatic rings. The van der Waals surface area contributed by atoms with Crippen LogP contribution in [0.1, 0.15) is 24.2 Å². The molecular weight excluding hydrogens is 307 g/mol. The second-order valence-corrected chi connectivity index (χ2v) is 8.17. The maximum absolute atomic E-state index is 12.4. The maximum atomic E-state index is 12.4. The van der Waals surface area contributed by atoms with Crippen LogP contribution in [0.4, 0.5) is 0 Å². The summed E-state index contributed by atoms with van der Waals surface area (Å²) in [7, 11) is 0. The van der Waals surface area contributed by atoms with Crippen LogP contribution in [0, 0.1) is 0 Å². The Morgan fingerprint density at radius 1 is 1.22 bits per heavy atom. The summed E-state index contributed by atoms with van der Waals surface area (Å²) in [5, 5.41) is 2.06. The predicted molar refractivity (Wildman–Crippen MR) is 83.6 cm³/mol. The van der Waals surface area contributed by atoms with Crippen LogP contribution in [0.25, 0.3) is 0 Å². The Labute approximate surface area is 126 Å². The molecule has 0 aromatic heterocycles. The van der Waals surface area contributed by atoms with E-state index in [1.54, 1.807) is 30.0 Å². The molecule has 1 aliphatic rings.